The Morgan fingerprint density at radius 1 is 1.37 bits per heavy atom. The lowest BCUT2D eigenvalue weighted by Crippen LogP contribution is -2.42. The molecule has 2 rings (SSSR count). The number of nitrogens with zero attached hydrogens (tertiary/aromatic N) is 1. The zero-order valence-electron chi connectivity index (χ0n) is 11.5. The first-order chi connectivity index (χ1) is 9.15. The number of ether oxygens (including phenoxy) is 1. The number of aromatic nitrogens is 1. The lowest BCUT2D eigenvalue weighted by atomic mass is 10.1. The van der Waals surface area contributed by atoms with Crippen LogP contribution in [0.5, 0.6) is 0 Å². The van der Waals surface area contributed by atoms with Crippen molar-refractivity contribution >= 4 is 5.91 Å². The minimum absolute atomic E-state index is 0.00639. The van der Waals surface area contributed by atoms with Gasteiger partial charge in [-0.05, 0) is 26.7 Å². The van der Waals surface area contributed by atoms with E-state index in [9.17, 15) is 4.79 Å². The Hall–Kier alpha value is -1.40. The maximum atomic E-state index is 11.7. The number of amides is 1. The summed E-state index contributed by atoms with van der Waals surface area (Å²) in [6.45, 7) is 5.98. The molecule has 1 amide bonds. The van der Waals surface area contributed by atoms with Gasteiger partial charge in [0.15, 0.2) is 0 Å². The van der Waals surface area contributed by atoms with Crippen molar-refractivity contribution in [2.45, 2.75) is 39.3 Å². The van der Waals surface area contributed by atoms with Gasteiger partial charge in [-0.2, -0.15) is 0 Å². The maximum Gasteiger partial charge on any atom is 0.234 e. The second-order valence-electron chi connectivity index (χ2n) is 4.81. The molecule has 0 aromatic carbocycles. The van der Waals surface area contributed by atoms with Crippen LogP contribution in [0.25, 0.3) is 0 Å². The van der Waals surface area contributed by atoms with Gasteiger partial charge in [-0.3, -0.25) is 10.1 Å². The lowest BCUT2D eigenvalue weighted by Gasteiger charge is -2.23. The van der Waals surface area contributed by atoms with Crippen LogP contribution in [0.15, 0.2) is 4.42 Å². The highest BCUT2D eigenvalue weighted by Crippen LogP contribution is 2.08. The molecule has 19 heavy (non-hydrogen) atoms. The second-order valence-corrected chi connectivity index (χ2v) is 4.81. The van der Waals surface area contributed by atoms with Gasteiger partial charge in [-0.25, -0.2) is 4.98 Å². The molecule has 1 saturated heterocycles. The number of hydrogen-bond acceptors (Lipinski definition) is 5. The molecule has 6 nitrogen and oxygen atoms in total. The molecule has 1 aliphatic rings. The van der Waals surface area contributed by atoms with E-state index >= 15 is 0 Å². The third kappa shape index (κ3) is 4.33. The summed E-state index contributed by atoms with van der Waals surface area (Å²) in [6.07, 6.45) is 1.79. The Balaban J connectivity index is 1.66. The van der Waals surface area contributed by atoms with Crippen molar-refractivity contribution in [2.75, 3.05) is 19.8 Å². The molecular formula is C13H21N3O3. The van der Waals surface area contributed by atoms with Crippen LogP contribution in [0.2, 0.25) is 0 Å². The predicted molar refractivity (Wildman–Crippen MR) is 69.7 cm³/mol. The molecule has 0 radical (unpaired) electrons. The molecule has 2 N–H and O–H groups in total. The first kappa shape index (κ1) is 14.0. The number of aryl methyl sites for hydroxylation is 2. The van der Waals surface area contributed by atoms with Crippen molar-refractivity contribution in [3.63, 3.8) is 0 Å². The van der Waals surface area contributed by atoms with Gasteiger partial charge in [0.2, 0.25) is 11.8 Å². The first-order valence-corrected chi connectivity index (χ1v) is 6.66. The Labute approximate surface area is 112 Å². The van der Waals surface area contributed by atoms with Crippen LogP contribution in [0, 0.1) is 13.8 Å². The highest BCUT2D eigenvalue weighted by atomic mass is 16.5. The summed E-state index contributed by atoms with van der Waals surface area (Å²) < 4.78 is 10.7. The Bertz CT molecular complexity index is 405. The average molecular weight is 267 g/mol. The fraction of sp³-hybridized carbons (Fsp3) is 0.692. The molecule has 0 unspecified atom stereocenters. The third-order valence-corrected chi connectivity index (χ3v) is 3.22. The van der Waals surface area contributed by atoms with Gasteiger partial charge in [0.25, 0.3) is 0 Å². The molecule has 0 atom stereocenters. The smallest absolute Gasteiger partial charge is 0.234 e. The summed E-state index contributed by atoms with van der Waals surface area (Å²) >= 11 is 0. The van der Waals surface area contributed by atoms with Crippen molar-refractivity contribution in [2.24, 2.45) is 0 Å². The molecule has 1 aromatic rings. The maximum absolute atomic E-state index is 11.7. The number of rotatable bonds is 5. The van der Waals surface area contributed by atoms with E-state index in [4.69, 9.17) is 9.15 Å². The highest BCUT2D eigenvalue weighted by Gasteiger charge is 2.15. The van der Waals surface area contributed by atoms with E-state index in [-0.39, 0.29) is 18.5 Å². The molecule has 1 fully saturated rings. The molecule has 1 aliphatic heterocycles. The molecule has 0 spiro atoms. The van der Waals surface area contributed by atoms with Gasteiger partial charge < -0.3 is 14.5 Å². The molecule has 1 aromatic heterocycles. The van der Waals surface area contributed by atoms with E-state index in [1.165, 1.54) is 0 Å². The predicted octanol–water partition coefficient (Wildman–Crippen LogP) is 0.676. The van der Waals surface area contributed by atoms with Crippen LogP contribution in [-0.4, -0.2) is 36.7 Å². The van der Waals surface area contributed by atoms with Crippen molar-refractivity contribution in [1.82, 2.24) is 15.6 Å². The molecule has 0 aliphatic carbocycles. The normalized spacial score (nSPS) is 16.5. The van der Waals surface area contributed by atoms with Crippen LogP contribution < -0.4 is 10.6 Å². The topological polar surface area (TPSA) is 76.4 Å². The molecule has 0 saturated carbocycles. The standard InChI is InChI=1S/C13H21N3O3/c1-9-10(2)19-13(15-9)8-14-7-12(17)16-11-3-5-18-6-4-11/h11,14H,3-8H2,1-2H3,(H,16,17). The Morgan fingerprint density at radius 2 is 2.11 bits per heavy atom. The van der Waals surface area contributed by atoms with Crippen LogP contribution in [0.3, 0.4) is 0 Å². The number of nitrogens with one attached hydrogen (secondary N) is 2. The van der Waals surface area contributed by atoms with Gasteiger partial charge in [0.05, 0.1) is 18.8 Å². The van der Waals surface area contributed by atoms with Crippen molar-refractivity contribution < 1.29 is 13.9 Å². The summed E-state index contributed by atoms with van der Waals surface area (Å²) in [6, 6.07) is 0.245. The van der Waals surface area contributed by atoms with Crippen LogP contribution >= 0.6 is 0 Å². The molecule has 0 bridgehead atoms. The van der Waals surface area contributed by atoms with E-state index in [1.54, 1.807) is 0 Å². The third-order valence-electron chi connectivity index (χ3n) is 3.22. The Kier molecular flexibility index (Phi) is 4.93. The van der Waals surface area contributed by atoms with Crippen LogP contribution in [0.4, 0.5) is 0 Å². The molecule has 2 heterocycles. The van der Waals surface area contributed by atoms with Crippen molar-refractivity contribution in [3.8, 4) is 0 Å². The van der Waals surface area contributed by atoms with E-state index in [2.05, 4.69) is 15.6 Å². The second kappa shape index (κ2) is 6.68. The SMILES string of the molecule is Cc1nc(CNCC(=O)NC2CCOCC2)oc1C. The van der Waals surface area contributed by atoms with E-state index in [0.29, 0.717) is 12.4 Å². The minimum Gasteiger partial charge on any atom is -0.444 e. The van der Waals surface area contributed by atoms with Gasteiger partial charge in [-0.1, -0.05) is 0 Å². The number of oxazole rings is 1. The zero-order valence-corrected chi connectivity index (χ0v) is 11.5. The van der Waals surface area contributed by atoms with Gasteiger partial charge in [-0.15, -0.1) is 0 Å². The molecule has 106 valence electrons. The van der Waals surface area contributed by atoms with Crippen LogP contribution in [-0.2, 0) is 16.1 Å². The average Bonchev–Trinajstić information content (AvgIpc) is 2.70. The first-order valence-electron chi connectivity index (χ1n) is 6.66. The van der Waals surface area contributed by atoms with Gasteiger partial charge >= 0.3 is 0 Å². The summed E-state index contributed by atoms with van der Waals surface area (Å²) in [5, 5.41) is 6.02. The minimum atomic E-state index is 0.00639. The number of carbonyl (C=O) groups excluding carboxylic acids is 1. The fourth-order valence-corrected chi connectivity index (χ4v) is 2.02. The molecule has 6 heteroatoms. The van der Waals surface area contributed by atoms with Crippen molar-refractivity contribution in [3.05, 3.63) is 17.3 Å². The van der Waals surface area contributed by atoms with Gasteiger partial charge in [0.1, 0.15) is 5.76 Å². The van der Waals surface area contributed by atoms with Gasteiger partial charge in [0, 0.05) is 19.3 Å². The molecular weight excluding hydrogens is 246 g/mol. The van der Waals surface area contributed by atoms with E-state index in [1.807, 2.05) is 13.8 Å². The lowest BCUT2D eigenvalue weighted by molar-refractivity contribution is -0.121. The summed E-state index contributed by atoms with van der Waals surface area (Å²) in [5.74, 6) is 1.45. The fourth-order valence-electron chi connectivity index (χ4n) is 2.02. The van der Waals surface area contributed by atoms with E-state index in [0.717, 1.165) is 37.5 Å². The summed E-state index contributed by atoms with van der Waals surface area (Å²) in [4.78, 5) is 16.0. The monoisotopic (exact) mass is 267 g/mol. The van der Waals surface area contributed by atoms with Crippen molar-refractivity contribution in [1.29, 1.82) is 0 Å². The summed E-state index contributed by atoms with van der Waals surface area (Å²) in [5.41, 5.74) is 0.892. The highest BCUT2D eigenvalue weighted by molar-refractivity contribution is 5.78. The summed E-state index contributed by atoms with van der Waals surface area (Å²) in [7, 11) is 0. The Morgan fingerprint density at radius 3 is 2.74 bits per heavy atom. The quantitative estimate of drug-likeness (QED) is 0.820. The van der Waals surface area contributed by atoms with Crippen LogP contribution in [0.1, 0.15) is 30.2 Å². The van der Waals surface area contributed by atoms with E-state index < -0.39 is 0 Å². The number of carbonyl (C=O) groups is 1. The largest absolute Gasteiger partial charge is 0.444 e. The number of hydrogen-bond donors (Lipinski definition) is 2. The zero-order chi connectivity index (χ0) is 13.7.